The summed E-state index contributed by atoms with van der Waals surface area (Å²) in [5, 5.41) is 24.4. The Hall–Kier alpha value is -2.84. The van der Waals surface area contributed by atoms with Crippen LogP contribution in [0.3, 0.4) is 0 Å². The molecule has 1 aromatic carbocycles. The number of hydrogen-bond donors (Lipinski definition) is 8. The normalized spacial score (nSPS) is 12.8. The number of carbonyl (C=O) groups is 5. The molecule has 0 spiro atoms. The average Bonchev–Trinajstić information content (AvgIpc) is 2.74. The number of nitrogens with two attached hydrogens (primary N) is 1. The first-order valence-corrected chi connectivity index (χ1v) is 14.1. The fourth-order valence-electron chi connectivity index (χ4n) is 2.35. The third-order valence-corrected chi connectivity index (χ3v) is 7.14. The number of carbonyl (C=O) groups excluding carboxylic acids is 3. The van der Waals surface area contributed by atoms with E-state index in [0.717, 1.165) is 11.8 Å². The smallest absolute Gasteiger partial charge is 0.480 e. The number of carboxylic acid groups (broad SMARTS) is 2. The summed E-state index contributed by atoms with van der Waals surface area (Å²) < 4.78 is 29.4. The summed E-state index contributed by atoms with van der Waals surface area (Å²) in [4.78, 5) is 57.8. The molecule has 0 aliphatic rings. The van der Waals surface area contributed by atoms with Crippen LogP contribution in [0.4, 0.5) is 5.69 Å². The first-order chi connectivity index (χ1) is 15.8. The summed E-state index contributed by atoms with van der Waals surface area (Å²) in [6.45, 7) is -0.688. The van der Waals surface area contributed by atoms with Gasteiger partial charge >= 0.3 is 145 Å². The van der Waals surface area contributed by atoms with Gasteiger partial charge in [-0.25, -0.2) is 0 Å². The molecule has 3 amide bonds. The van der Waals surface area contributed by atoms with Gasteiger partial charge in [0, 0.05) is 6.42 Å². The van der Waals surface area contributed by atoms with Gasteiger partial charge in [-0.05, 0) is 6.42 Å². The summed E-state index contributed by atoms with van der Waals surface area (Å²) in [7, 11) is 0. The Labute approximate surface area is 200 Å². The van der Waals surface area contributed by atoms with Gasteiger partial charge in [0.15, 0.2) is 0 Å². The molecule has 0 fully saturated rings. The van der Waals surface area contributed by atoms with Crippen LogP contribution in [0.1, 0.15) is 12.8 Å². The van der Waals surface area contributed by atoms with Gasteiger partial charge in [-0.1, -0.05) is 0 Å². The second kappa shape index (κ2) is 13.8. The zero-order chi connectivity index (χ0) is 25.9. The van der Waals surface area contributed by atoms with Gasteiger partial charge < -0.3 is 15.9 Å². The summed E-state index contributed by atoms with van der Waals surface area (Å²) >= 11 is -4.08. The molecule has 0 radical (unpaired) electrons. The van der Waals surface area contributed by atoms with E-state index in [1.165, 1.54) is 24.3 Å². The zero-order valence-corrected chi connectivity index (χ0v) is 20.4. The minimum absolute atomic E-state index is 0.102. The molecule has 34 heavy (non-hydrogen) atoms. The van der Waals surface area contributed by atoms with Crippen molar-refractivity contribution in [2.24, 2.45) is 5.73 Å². The number of hydrogen-bond acceptors (Lipinski definition) is 8. The third kappa shape index (κ3) is 11.3. The fraction of sp³-hybridized carbons (Fsp3) is 0.389. The molecule has 14 nitrogen and oxygen atoms in total. The molecule has 2 atom stereocenters. The standard InChI is InChI=1S/C18H25AsN4O10S/c20-12(18(29)30)5-6-14(24)23-13(17(28)21-7-16(26)27)8-34-9-15(25)22-11-3-1-10(2-4-11)19(31,32)33/h1-4,12-13H,5-9,20H2,(H,21,28)(H,22,25)(H,23,24)(H,26,27)(H,29,30)(H2,31,32,33). The molecule has 0 saturated heterocycles. The Morgan fingerprint density at radius 2 is 1.65 bits per heavy atom. The molecule has 1 rings (SSSR count). The first-order valence-electron chi connectivity index (χ1n) is 9.60. The van der Waals surface area contributed by atoms with Crippen molar-refractivity contribution in [2.45, 2.75) is 24.9 Å². The van der Waals surface area contributed by atoms with Gasteiger partial charge in [0.05, 0.1) is 0 Å². The molecule has 0 saturated carbocycles. The van der Waals surface area contributed by atoms with Crippen LogP contribution in [0, 0.1) is 0 Å². The van der Waals surface area contributed by atoms with Gasteiger partial charge in [-0.3, -0.25) is 14.4 Å². The van der Waals surface area contributed by atoms with Crippen molar-refractivity contribution >= 4 is 65.6 Å². The Morgan fingerprint density at radius 3 is 2.18 bits per heavy atom. The van der Waals surface area contributed by atoms with E-state index in [4.69, 9.17) is 24.1 Å². The SMILES string of the molecule is NC(CCC(=O)NC(CSCC(=O)Nc1ccc([As](=O)(O)O)cc1)C(=O)NCC(=O)O)C(=O)O. The van der Waals surface area contributed by atoms with Crippen LogP contribution in [0.25, 0.3) is 0 Å². The maximum atomic E-state index is 12.2. The fourth-order valence-corrected chi connectivity index (χ4v) is 4.32. The number of rotatable bonds is 14. The van der Waals surface area contributed by atoms with Crippen LogP contribution in [0.2, 0.25) is 0 Å². The average molecular weight is 564 g/mol. The van der Waals surface area contributed by atoms with Crippen LogP contribution in [0.5, 0.6) is 0 Å². The molecule has 16 heteroatoms. The molecular weight excluding hydrogens is 539 g/mol. The Bertz CT molecular complexity index is 953. The number of aliphatic carboxylic acids is 2. The van der Waals surface area contributed by atoms with Crippen LogP contribution in [-0.4, -0.2) is 92.4 Å². The topological polar surface area (TPSA) is 245 Å². The van der Waals surface area contributed by atoms with Crippen LogP contribution >= 0.6 is 11.8 Å². The number of anilines is 1. The molecule has 9 N–H and O–H groups in total. The summed E-state index contributed by atoms with van der Waals surface area (Å²) in [6, 6.07) is 2.56. The molecule has 0 aliphatic carbocycles. The second-order valence-corrected chi connectivity index (χ2v) is 11.3. The minimum Gasteiger partial charge on any atom is -0.480 e. The van der Waals surface area contributed by atoms with Crippen molar-refractivity contribution in [3.63, 3.8) is 0 Å². The van der Waals surface area contributed by atoms with E-state index in [-0.39, 0.29) is 34.4 Å². The Kier molecular flexibility index (Phi) is 11.8. The number of amides is 3. The van der Waals surface area contributed by atoms with Crippen molar-refractivity contribution in [2.75, 3.05) is 23.4 Å². The van der Waals surface area contributed by atoms with Gasteiger partial charge in [0.2, 0.25) is 0 Å². The molecule has 1 aromatic rings. The third-order valence-electron chi connectivity index (χ3n) is 4.07. The Morgan fingerprint density at radius 1 is 1.03 bits per heavy atom. The van der Waals surface area contributed by atoms with Crippen molar-refractivity contribution in [3.05, 3.63) is 24.3 Å². The van der Waals surface area contributed by atoms with Gasteiger partial charge in [0.25, 0.3) is 0 Å². The van der Waals surface area contributed by atoms with E-state index < -0.39 is 62.5 Å². The summed E-state index contributed by atoms with van der Waals surface area (Å²) in [6.07, 6.45) is -0.463. The number of nitrogens with one attached hydrogen (secondary N) is 3. The summed E-state index contributed by atoms with van der Waals surface area (Å²) in [5.74, 6) is -4.83. The maximum absolute atomic E-state index is 12.2. The summed E-state index contributed by atoms with van der Waals surface area (Å²) in [5.41, 5.74) is 5.62. The molecule has 0 aromatic heterocycles. The van der Waals surface area contributed by atoms with Crippen LogP contribution < -0.4 is 26.0 Å². The van der Waals surface area contributed by atoms with Gasteiger partial charge in [-0.2, -0.15) is 0 Å². The number of benzene rings is 1. The van der Waals surface area contributed by atoms with E-state index in [2.05, 4.69) is 16.0 Å². The molecule has 0 bridgehead atoms. The first kappa shape index (κ1) is 29.2. The molecule has 188 valence electrons. The van der Waals surface area contributed by atoms with E-state index in [9.17, 15) is 27.7 Å². The van der Waals surface area contributed by atoms with Crippen molar-refractivity contribution in [1.82, 2.24) is 10.6 Å². The minimum atomic E-state index is -5.04. The number of carboxylic acids is 2. The van der Waals surface area contributed by atoms with Crippen molar-refractivity contribution in [3.8, 4) is 0 Å². The van der Waals surface area contributed by atoms with E-state index in [0.29, 0.717) is 0 Å². The predicted octanol–water partition coefficient (Wildman–Crippen LogP) is -3.20. The van der Waals surface area contributed by atoms with E-state index >= 15 is 0 Å². The van der Waals surface area contributed by atoms with Gasteiger partial charge in [-0.15, -0.1) is 0 Å². The predicted molar refractivity (Wildman–Crippen MR) is 120 cm³/mol. The molecule has 2 unspecified atom stereocenters. The second-order valence-electron chi connectivity index (χ2n) is 6.87. The van der Waals surface area contributed by atoms with Crippen molar-refractivity contribution < 1.29 is 46.1 Å². The van der Waals surface area contributed by atoms with Gasteiger partial charge in [0.1, 0.15) is 12.6 Å². The van der Waals surface area contributed by atoms with Crippen LogP contribution in [-0.2, 0) is 27.7 Å². The van der Waals surface area contributed by atoms with E-state index in [1.807, 2.05) is 0 Å². The van der Waals surface area contributed by atoms with Crippen molar-refractivity contribution in [1.29, 1.82) is 0 Å². The molecular formula is C18H25AsN4O10S. The molecule has 0 aliphatic heterocycles. The number of thioether (sulfide) groups is 1. The van der Waals surface area contributed by atoms with Crippen LogP contribution in [0.15, 0.2) is 24.3 Å². The molecule has 0 heterocycles. The Balaban J connectivity index is 2.63. The van der Waals surface area contributed by atoms with E-state index in [1.54, 1.807) is 0 Å². The zero-order valence-electron chi connectivity index (χ0n) is 17.7. The quantitative estimate of drug-likeness (QED) is 0.104. The monoisotopic (exact) mass is 564 g/mol.